The fraction of sp³-hybridized carbons (Fsp3) is 0.786. The van der Waals surface area contributed by atoms with Gasteiger partial charge in [0, 0.05) is 23.6 Å². The van der Waals surface area contributed by atoms with Gasteiger partial charge in [-0.05, 0) is 32.2 Å². The lowest BCUT2D eigenvalue weighted by Crippen LogP contribution is -2.22. The number of nitrogens with one attached hydrogen (secondary N) is 1. The van der Waals surface area contributed by atoms with Crippen LogP contribution in [-0.4, -0.2) is 36.8 Å². The summed E-state index contributed by atoms with van der Waals surface area (Å²) in [5.41, 5.74) is 2.49. The fourth-order valence-electron chi connectivity index (χ4n) is 2.76. The molecule has 0 saturated carbocycles. The fourth-order valence-corrected chi connectivity index (χ4v) is 3.27. The SMILES string of the molecule is CCCNC1CCCCc2c1cnn2CCS(C)(=O)=O. The monoisotopic (exact) mass is 299 g/mol. The summed E-state index contributed by atoms with van der Waals surface area (Å²) < 4.78 is 24.5. The summed E-state index contributed by atoms with van der Waals surface area (Å²) in [4.78, 5) is 0. The van der Waals surface area contributed by atoms with E-state index in [4.69, 9.17) is 0 Å². The van der Waals surface area contributed by atoms with Gasteiger partial charge in [0.15, 0.2) is 0 Å². The molecule has 0 aromatic carbocycles. The Morgan fingerprint density at radius 1 is 1.45 bits per heavy atom. The van der Waals surface area contributed by atoms with Gasteiger partial charge in [0.2, 0.25) is 0 Å². The van der Waals surface area contributed by atoms with Gasteiger partial charge in [-0.2, -0.15) is 5.10 Å². The predicted octanol–water partition coefficient (Wildman–Crippen LogP) is 1.69. The van der Waals surface area contributed by atoms with Gasteiger partial charge in [0.1, 0.15) is 9.84 Å². The molecule has 1 aliphatic rings. The molecule has 1 heterocycles. The van der Waals surface area contributed by atoms with Crippen molar-refractivity contribution in [2.24, 2.45) is 0 Å². The third-order valence-electron chi connectivity index (χ3n) is 3.83. The molecular weight excluding hydrogens is 274 g/mol. The van der Waals surface area contributed by atoms with Crippen LogP contribution in [0.5, 0.6) is 0 Å². The largest absolute Gasteiger partial charge is 0.310 e. The number of fused-ring (bicyclic) bond motifs is 1. The zero-order valence-corrected chi connectivity index (χ0v) is 13.2. The van der Waals surface area contributed by atoms with Crippen molar-refractivity contribution >= 4 is 9.84 Å². The molecule has 1 N–H and O–H groups in total. The van der Waals surface area contributed by atoms with E-state index in [0.29, 0.717) is 12.6 Å². The van der Waals surface area contributed by atoms with E-state index in [2.05, 4.69) is 17.3 Å². The molecule has 20 heavy (non-hydrogen) atoms. The van der Waals surface area contributed by atoms with Crippen molar-refractivity contribution in [3.05, 3.63) is 17.5 Å². The predicted molar refractivity (Wildman–Crippen MR) is 80.5 cm³/mol. The average Bonchev–Trinajstić information content (AvgIpc) is 2.67. The van der Waals surface area contributed by atoms with Crippen LogP contribution in [0.2, 0.25) is 0 Å². The maximum absolute atomic E-state index is 11.3. The molecule has 0 amide bonds. The van der Waals surface area contributed by atoms with Crippen LogP contribution in [0.15, 0.2) is 6.20 Å². The van der Waals surface area contributed by atoms with Gasteiger partial charge in [-0.3, -0.25) is 4.68 Å². The first-order valence-corrected chi connectivity index (χ1v) is 9.53. The summed E-state index contributed by atoms with van der Waals surface area (Å²) in [7, 11) is -2.94. The lowest BCUT2D eigenvalue weighted by atomic mass is 10.1. The van der Waals surface area contributed by atoms with Crippen LogP contribution in [0.3, 0.4) is 0 Å². The second-order valence-electron chi connectivity index (χ2n) is 5.65. The molecule has 0 aliphatic heterocycles. The molecule has 0 bridgehead atoms. The molecule has 0 fully saturated rings. The first-order valence-electron chi connectivity index (χ1n) is 7.47. The highest BCUT2D eigenvalue weighted by Gasteiger charge is 2.22. The molecule has 0 radical (unpaired) electrons. The maximum Gasteiger partial charge on any atom is 0.149 e. The lowest BCUT2D eigenvalue weighted by molar-refractivity contribution is 0.489. The summed E-state index contributed by atoms with van der Waals surface area (Å²) in [6, 6.07) is 0.374. The summed E-state index contributed by atoms with van der Waals surface area (Å²) in [6.07, 6.45) is 8.84. The first-order chi connectivity index (χ1) is 9.51. The molecule has 0 spiro atoms. The van der Waals surface area contributed by atoms with Crippen molar-refractivity contribution in [2.45, 2.75) is 51.6 Å². The molecule has 1 aliphatic carbocycles. The van der Waals surface area contributed by atoms with E-state index in [-0.39, 0.29) is 5.75 Å². The molecule has 0 saturated heterocycles. The quantitative estimate of drug-likeness (QED) is 0.812. The third-order valence-corrected chi connectivity index (χ3v) is 4.75. The Morgan fingerprint density at radius 2 is 2.25 bits per heavy atom. The van der Waals surface area contributed by atoms with Gasteiger partial charge in [-0.1, -0.05) is 13.3 Å². The van der Waals surface area contributed by atoms with Crippen molar-refractivity contribution < 1.29 is 8.42 Å². The summed E-state index contributed by atoms with van der Waals surface area (Å²) in [5, 5.41) is 7.99. The van der Waals surface area contributed by atoms with Gasteiger partial charge in [0.25, 0.3) is 0 Å². The Balaban J connectivity index is 2.15. The van der Waals surface area contributed by atoms with Crippen molar-refractivity contribution in [3.8, 4) is 0 Å². The Kier molecular flexibility index (Phi) is 5.21. The number of rotatable bonds is 6. The minimum atomic E-state index is -2.94. The first kappa shape index (κ1) is 15.5. The number of hydrogen-bond donors (Lipinski definition) is 1. The topological polar surface area (TPSA) is 64.0 Å². The van der Waals surface area contributed by atoms with Crippen LogP contribution < -0.4 is 5.32 Å². The summed E-state index contributed by atoms with van der Waals surface area (Å²) in [6.45, 7) is 3.65. The van der Waals surface area contributed by atoms with Crippen LogP contribution in [0, 0.1) is 0 Å². The van der Waals surface area contributed by atoms with Crippen LogP contribution in [-0.2, 0) is 22.8 Å². The van der Waals surface area contributed by atoms with E-state index in [0.717, 1.165) is 32.2 Å². The molecule has 1 unspecified atom stereocenters. The highest BCUT2D eigenvalue weighted by atomic mass is 32.2. The number of sulfone groups is 1. The average molecular weight is 299 g/mol. The number of aryl methyl sites for hydroxylation is 1. The Morgan fingerprint density at radius 3 is 2.95 bits per heavy atom. The van der Waals surface area contributed by atoms with Crippen molar-refractivity contribution in [3.63, 3.8) is 0 Å². The van der Waals surface area contributed by atoms with E-state index in [9.17, 15) is 8.42 Å². The molecule has 1 atom stereocenters. The van der Waals surface area contributed by atoms with Crippen molar-refractivity contribution in [2.75, 3.05) is 18.6 Å². The molecule has 5 nitrogen and oxygen atoms in total. The Bertz CT molecular complexity index is 537. The highest BCUT2D eigenvalue weighted by Crippen LogP contribution is 2.28. The van der Waals surface area contributed by atoms with E-state index in [1.165, 1.54) is 23.9 Å². The molecular formula is C14H25N3O2S. The number of aromatic nitrogens is 2. The standard InChI is InChI=1S/C14H25N3O2S/c1-3-8-15-13-6-4-5-7-14-12(13)11-16-17(14)9-10-20(2,18)19/h11,13,15H,3-10H2,1-2H3. The maximum atomic E-state index is 11.3. The van der Waals surface area contributed by atoms with Crippen LogP contribution in [0.25, 0.3) is 0 Å². The zero-order valence-electron chi connectivity index (χ0n) is 12.4. The Hall–Kier alpha value is -0.880. The Labute approximate surface area is 121 Å². The van der Waals surface area contributed by atoms with Crippen LogP contribution >= 0.6 is 0 Å². The normalized spacial score (nSPS) is 19.6. The van der Waals surface area contributed by atoms with Gasteiger partial charge < -0.3 is 5.32 Å². The zero-order chi connectivity index (χ0) is 14.6. The lowest BCUT2D eigenvalue weighted by Gasteiger charge is -2.16. The molecule has 1 aromatic heterocycles. The summed E-state index contributed by atoms with van der Waals surface area (Å²) >= 11 is 0. The van der Waals surface area contributed by atoms with E-state index >= 15 is 0 Å². The molecule has 2 rings (SSSR count). The van der Waals surface area contributed by atoms with Crippen LogP contribution in [0.4, 0.5) is 0 Å². The highest BCUT2D eigenvalue weighted by molar-refractivity contribution is 7.90. The smallest absolute Gasteiger partial charge is 0.149 e. The second kappa shape index (κ2) is 6.72. The molecule has 6 heteroatoms. The van der Waals surface area contributed by atoms with Crippen molar-refractivity contribution in [1.82, 2.24) is 15.1 Å². The van der Waals surface area contributed by atoms with Gasteiger partial charge >= 0.3 is 0 Å². The summed E-state index contributed by atoms with van der Waals surface area (Å²) in [5.74, 6) is 0.161. The molecule has 1 aromatic rings. The number of hydrogen-bond acceptors (Lipinski definition) is 4. The minimum Gasteiger partial charge on any atom is -0.310 e. The van der Waals surface area contributed by atoms with Gasteiger partial charge in [-0.25, -0.2) is 8.42 Å². The minimum absolute atomic E-state index is 0.161. The van der Waals surface area contributed by atoms with Gasteiger partial charge in [-0.15, -0.1) is 0 Å². The van der Waals surface area contributed by atoms with Crippen molar-refractivity contribution in [1.29, 1.82) is 0 Å². The van der Waals surface area contributed by atoms with Crippen LogP contribution in [0.1, 0.15) is 49.9 Å². The van der Waals surface area contributed by atoms with E-state index in [1.807, 2.05) is 10.9 Å². The molecule has 114 valence electrons. The van der Waals surface area contributed by atoms with Gasteiger partial charge in [0.05, 0.1) is 18.5 Å². The van der Waals surface area contributed by atoms with E-state index < -0.39 is 9.84 Å². The second-order valence-corrected chi connectivity index (χ2v) is 7.91. The van der Waals surface area contributed by atoms with E-state index in [1.54, 1.807) is 0 Å². The number of nitrogens with zero attached hydrogens (tertiary/aromatic N) is 2. The third kappa shape index (κ3) is 4.06.